The highest BCUT2D eigenvalue weighted by Crippen LogP contribution is 2.31. The lowest BCUT2D eigenvalue weighted by Gasteiger charge is -2.31. The van der Waals surface area contributed by atoms with E-state index < -0.39 is 15.9 Å². The molecule has 60 heavy (non-hydrogen) atoms. The average Bonchev–Trinajstić information content (AvgIpc) is 3.93. The summed E-state index contributed by atoms with van der Waals surface area (Å²) in [7, 11) is -3.49. The number of hydrogen-bond acceptors (Lipinski definition) is 13. The first-order valence-electron chi connectivity index (χ1n) is 19.5. The van der Waals surface area contributed by atoms with E-state index in [1.165, 1.54) is 29.6 Å². The number of amides is 1. The number of hydrogen-bond donors (Lipinski definition) is 3. The van der Waals surface area contributed by atoms with E-state index in [1.807, 2.05) is 42.6 Å². The van der Waals surface area contributed by atoms with E-state index in [0.29, 0.717) is 52.1 Å². The van der Waals surface area contributed by atoms with Gasteiger partial charge in [-0.3, -0.25) is 9.78 Å². The van der Waals surface area contributed by atoms with E-state index >= 15 is 0 Å². The van der Waals surface area contributed by atoms with Gasteiger partial charge in [-0.2, -0.15) is 14.8 Å². The molecule has 0 bridgehead atoms. The van der Waals surface area contributed by atoms with Crippen molar-refractivity contribution in [3.05, 3.63) is 129 Å². The number of carbonyl (C=O) groups is 1. The summed E-state index contributed by atoms with van der Waals surface area (Å²) in [6.45, 7) is 6.62. The molecule has 2 aromatic carbocycles. The number of fused-ring (bicyclic) bond motifs is 1. The van der Waals surface area contributed by atoms with E-state index in [9.17, 15) is 18.5 Å². The molecular weight excluding hydrogens is 836 g/mol. The maximum Gasteiger partial charge on any atom is 0.252 e. The second-order valence-corrected chi connectivity index (χ2v) is 18.4. The number of thiophene rings is 1. The molecule has 4 aromatic heterocycles. The average molecular weight is 884 g/mol. The molecule has 3 N–H and O–H groups in total. The van der Waals surface area contributed by atoms with Crippen LogP contribution >= 0.6 is 34.3 Å². The number of unbranched alkanes of at least 4 members (excludes halogenated alkanes) is 1. The molecule has 5 heterocycles. The zero-order valence-corrected chi connectivity index (χ0v) is 36.6. The largest absolute Gasteiger partial charge is 0.354 e. The van der Waals surface area contributed by atoms with Crippen molar-refractivity contribution in [2.45, 2.75) is 68.7 Å². The number of pyridine rings is 1. The molecule has 1 unspecified atom stereocenters. The van der Waals surface area contributed by atoms with Crippen molar-refractivity contribution in [1.82, 2.24) is 34.9 Å². The van der Waals surface area contributed by atoms with Crippen molar-refractivity contribution >= 4 is 66.4 Å². The Kier molecular flexibility index (Phi) is 17.9. The summed E-state index contributed by atoms with van der Waals surface area (Å²) >= 11 is 8.57. The van der Waals surface area contributed by atoms with Gasteiger partial charge in [0.2, 0.25) is 5.95 Å². The summed E-state index contributed by atoms with van der Waals surface area (Å²) in [6, 6.07) is 28.1. The van der Waals surface area contributed by atoms with Gasteiger partial charge in [0.05, 0.1) is 34.6 Å². The summed E-state index contributed by atoms with van der Waals surface area (Å²) in [5.74, 6) is -0.218. The monoisotopic (exact) mass is 882 g/mol. The van der Waals surface area contributed by atoms with Crippen LogP contribution < -0.4 is 16.0 Å². The maximum absolute atomic E-state index is 13.0. The topological polar surface area (TPSA) is 190 Å². The number of nitriles is 2. The molecule has 6 aromatic rings. The quantitative estimate of drug-likeness (QED) is 0.0844. The fourth-order valence-electron chi connectivity index (χ4n) is 6.12. The Morgan fingerprint density at radius 3 is 2.43 bits per heavy atom. The Morgan fingerprint density at radius 1 is 0.967 bits per heavy atom. The van der Waals surface area contributed by atoms with Gasteiger partial charge in [-0.1, -0.05) is 43.1 Å². The number of carbonyl (C=O) groups excluding carboxylic acids is 1. The fraction of sp³-hybridized carbons (Fsp3) is 0.326. The van der Waals surface area contributed by atoms with Crippen LogP contribution in [0.15, 0.2) is 102 Å². The molecule has 1 fully saturated rings. The van der Waals surface area contributed by atoms with Crippen LogP contribution in [0, 0.1) is 22.7 Å². The SMILES string of the molecule is CC#N.CCCCNC1CCN(S(=O)(=O)c2ccc(CNC(=O)c3ccc(Cl)cc3)s2)CC1.N#CC(c1ccnc(NCCc2cccnc2)n1)c1nc2ccccc2s1. The van der Waals surface area contributed by atoms with Crippen LogP contribution in [0.25, 0.3) is 10.2 Å². The molecule has 1 amide bonds. The third kappa shape index (κ3) is 13.3. The summed E-state index contributed by atoms with van der Waals surface area (Å²) in [4.78, 5) is 30.5. The van der Waals surface area contributed by atoms with Crippen molar-refractivity contribution < 1.29 is 13.2 Å². The second kappa shape index (κ2) is 23.5. The van der Waals surface area contributed by atoms with Gasteiger partial charge in [0.15, 0.2) is 0 Å². The highest BCUT2D eigenvalue weighted by molar-refractivity contribution is 7.91. The van der Waals surface area contributed by atoms with Gasteiger partial charge in [-0.15, -0.1) is 22.7 Å². The summed E-state index contributed by atoms with van der Waals surface area (Å²) in [5, 5.41) is 27.9. The number of nitrogens with one attached hydrogen (secondary N) is 3. The molecule has 7 rings (SSSR count). The van der Waals surface area contributed by atoms with Crippen LogP contribution in [-0.2, 0) is 23.0 Å². The molecule has 0 saturated carbocycles. The number of anilines is 1. The molecule has 13 nitrogen and oxygen atoms in total. The number of piperidine rings is 1. The summed E-state index contributed by atoms with van der Waals surface area (Å²) < 4.78 is 28.9. The molecule has 1 aliphatic heterocycles. The van der Waals surface area contributed by atoms with Crippen molar-refractivity contribution in [2.24, 2.45) is 0 Å². The van der Waals surface area contributed by atoms with Crippen LogP contribution in [0.1, 0.15) is 76.9 Å². The van der Waals surface area contributed by atoms with Crippen LogP contribution in [-0.4, -0.2) is 70.8 Å². The first-order valence-corrected chi connectivity index (χ1v) is 23.0. The minimum absolute atomic E-state index is 0.220. The van der Waals surface area contributed by atoms with Gasteiger partial charge in [0, 0.05) is 66.7 Å². The van der Waals surface area contributed by atoms with Gasteiger partial charge in [0.25, 0.3) is 15.9 Å². The third-order valence-electron chi connectivity index (χ3n) is 9.26. The number of benzene rings is 2. The smallest absolute Gasteiger partial charge is 0.252 e. The normalized spacial score (nSPS) is 13.4. The molecule has 1 saturated heterocycles. The van der Waals surface area contributed by atoms with E-state index in [4.69, 9.17) is 16.9 Å². The van der Waals surface area contributed by atoms with Crippen molar-refractivity contribution in [3.8, 4) is 12.1 Å². The number of sulfonamides is 1. The minimum atomic E-state index is -3.49. The van der Waals surface area contributed by atoms with Gasteiger partial charge >= 0.3 is 0 Å². The Morgan fingerprint density at radius 2 is 1.73 bits per heavy atom. The molecule has 0 spiro atoms. The number of nitrogens with zero attached hydrogens (tertiary/aromatic N) is 7. The van der Waals surface area contributed by atoms with Gasteiger partial charge in [-0.25, -0.2) is 23.4 Å². The second-order valence-electron chi connectivity index (χ2n) is 13.5. The first kappa shape index (κ1) is 45.7. The number of aromatic nitrogens is 4. The lowest BCUT2D eigenvalue weighted by molar-refractivity contribution is 0.0951. The zero-order chi connectivity index (χ0) is 42.7. The Hall–Kier alpha value is -5.33. The van der Waals surface area contributed by atoms with Crippen molar-refractivity contribution in [2.75, 3.05) is 31.5 Å². The predicted molar refractivity (Wildman–Crippen MR) is 238 cm³/mol. The zero-order valence-electron chi connectivity index (χ0n) is 33.4. The molecule has 1 aliphatic rings. The minimum Gasteiger partial charge on any atom is -0.354 e. The van der Waals surface area contributed by atoms with Crippen LogP contribution in [0.3, 0.4) is 0 Å². The Labute approximate surface area is 364 Å². The van der Waals surface area contributed by atoms with E-state index in [2.05, 4.69) is 48.9 Å². The summed E-state index contributed by atoms with van der Waals surface area (Å²) in [6.07, 6.45) is 10.1. The van der Waals surface area contributed by atoms with Crippen molar-refractivity contribution in [1.29, 1.82) is 10.5 Å². The lowest BCUT2D eigenvalue weighted by atomic mass is 10.1. The predicted octanol–water partition coefficient (Wildman–Crippen LogP) is 8.20. The van der Waals surface area contributed by atoms with Gasteiger partial charge in [-0.05, 0) is 98.5 Å². The highest BCUT2D eigenvalue weighted by atomic mass is 35.5. The number of rotatable bonds is 15. The fourth-order valence-corrected chi connectivity index (χ4v) is 10.2. The van der Waals surface area contributed by atoms with E-state index in [1.54, 1.807) is 65.2 Å². The van der Waals surface area contributed by atoms with Gasteiger partial charge in [0.1, 0.15) is 15.1 Å². The number of thiazole rings is 1. The molecule has 0 aliphatic carbocycles. The molecule has 0 radical (unpaired) electrons. The molecule has 17 heteroatoms. The number of halogens is 1. The highest BCUT2D eigenvalue weighted by Gasteiger charge is 2.30. The molecule has 312 valence electrons. The van der Waals surface area contributed by atoms with E-state index in [0.717, 1.165) is 64.3 Å². The van der Waals surface area contributed by atoms with Crippen LogP contribution in [0.2, 0.25) is 5.02 Å². The van der Waals surface area contributed by atoms with Crippen molar-refractivity contribution in [3.63, 3.8) is 0 Å². The Bertz CT molecular complexity index is 2430. The standard InChI is InChI=1S/C21H28ClN3O3S2.C20H16N6S.C2H3N/c1-2-3-12-23-18-10-13-25(14-11-18)30(27,28)20-9-8-19(29-20)15-24-21(26)16-4-6-17(22)7-5-16;21-12-15(19-25-17-5-1-2-6-18(17)27-19)16-8-11-24-20(26-16)23-10-7-14-4-3-9-22-13-14;1-2-3/h4-9,18,23H,2-3,10-15H2,1H3,(H,24,26);1-6,8-9,11,13,15H,7,10H2,(H,23,24,26);1H3. The van der Waals surface area contributed by atoms with Crippen LogP contribution in [0.4, 0.5) is 5.95 Å². The molecular formula is C43H47ClN10O3S3. The third-order valence-corrected chi connectivity index (χ3v) is 14.1. The lowest BCUT2D eigenvalue weighted by Crippen LogP contribution is -2.44. The molecule has 1 atom stereocenters. The van der Waals surface area contributed by atoms with Gasteiger partial charge < -0.3 is 16.0 Å². The maximum atomic E-state index is 13.0. The summed E-state index contributed by atoms with van der Waals surface area (Å²) in [5.41, 5.74) is 3.21. The Balaban J connectivity index is 0.000000214. The number of para-hydroxylation sites is 1. The van der Waals surface area contributed by atoms with Crippen LogP contribution in [0.5, 0.6) is 0 Å². The first-order chi connectivity index (χ1) is 29.1. The van der Waals surface area contributed by atoms with E-state index in [-0.39, 0.29) is 12.5 Å².